The zero-order chi connectivity index (χ0) is 16.3. The third-order valence-corrected chi connectivity index (χ3v) is 3.34. The molecule has 0 aromatic heterocycles. The highest BCUT2D eigenvalue weighted by molar-refractivity contribution is 5.95. The quantitative estimate of drug-likeness (QED) is 0.669. The fourth-order valence-corrected chi connectivity index (χ4v) is 2.35. The molecule has 2 N–H and O–H groups in total. The molecule has 22 heavy (non-hydrogen) atoms. The van der Waals surface area contributed by atoms with E-state index in [0.29, 0.717) is 19.4 Å². The number of primary amides is 1. The first-order valence-electron chi connectivity index (χ1n) is 6.58. The molecule has 2 amide bonds. The average molecular weight is 311 g/mol. The maximum absolute atomic E-state index is 13.3. The van der Waals surface area contributed by atoms with Crippen LogP contribution < -0.4 is 5.73 Å². The van der Waals surface area contributed by atoms with Crippen molar-refractivity contribution in [3.63, 3.8) is 0 Å². The summed E-state index contributed by atoms with van der Waals surface area (Å²) in [4.78, 5) is 34.3. The van der Waals surface area contributed by atoms with Gasteiger partial charge in [-0.25, -0.2) is 4.79 Å². The lowest BCUT2D eigenvalue weighted by Gasteiger charge is -2.32. The second-order valence-electron chi connectivity index (χ2n) is 4.88. The molecule has 1 atom stereocenters. The van der Waals surface area contributed by atoms with E-state index in [1.54, 1.807) is 0 Å². The van der Waals surface area contributed by atoms with Gasteiger partial charge in [-0.2, -0.15) is 4.39 Å². The van der Waals surface area contributed by atoms with Crippen LogP contribution in [-0.4, -0.2) is 41.0 Å². The minimum absolute atomic E-state index is 0.00725. The van der Waals surface area contributed by atoms with Crippen LogP contribution in [0, 0.1) is 15.9 Å². The minimum atomic E-state index is -1.00. The summed E-state index contributed by atoms with van der Waals surface area (Å²) in [5, 5.41) is 10.7. The van der Waals surface area contributed by atoms with Crippen molar-refractivity contribution >= 4 is 17.7 Å². The Morgan fingerprint density at radius 1 is 1.45 bits per heavy atom. The van der Waals surface area contributed by atoms with E-state index in [1.165, 1.54) is 11.0 Å². The van der Waals surface area contributed by atoms with E-state index >= 15 is 0 Å². The number of piperidine rings is 1. The maximum atomic E-state index is 13.3. The largest absolute Gasteiger partial charge is 0.445 e. The Bertz CT molecular complexity index is 622. The summed E-state index contributed by atoms with van der Waals surface area (Å²) in [5.74, 6) is -1.49. The van der Waals surface area contributed by atoms with Crippen molar-refractivity contribution in [3.05, 3.63) is 39.7 Å². The van der Waals surface area contributed by atoms with Crippen molar-refractivity contribution < 1.29 is 23.6 Å². The number of benzene rings is 1. The Morgan fingerprint density at radius 3 is 2.82 bits per heavy atom. The fourth-order valence-electron chi connectivity index (χ4n) is 2.35. The molecule has 0 radical (unpaired) electrons. The summed E-state index contributed by atoms with van der Waals surface area (Å²) in [6, 6.07) is 2.96. The van der Waals surface area contributed by atoms with Gasteiger partial charge < -0.3 is 15.4 Å². The lowest BCUT2D eigenvalue weighted by Crippen LogP contribution is -2.44. The van der Waals surface area contributed by atoms with Gasteiger partial charge >= 0.3 is 11.8 Å². The van der Waals surface area contributed by atoms with E-state index in [4.69, 9.17) is 10.5 Å². The number of hydrogen-bond acceptors (Lipinski definition) is 5. The number of amides is 2. The van der Waals surface area contributed by atoms with Gasteiger partial charge in [-0.3, -0.25) is 14.9 Å². The second-order valence-corrected chi connectivity index (χ2v) is 4.88. The molecule has 0 saturated carbocycles. The maximum Gasteiger partial charge on any atom is 0.404 e. The molecule has 1 aliphatic heterocycles. The van der Waals surface area contributed by atoms with Gasteiger partial charge in [0.1, 0.15) is 6.10 Å². The summed E-state index contributed by atoms with van der Waals surface area (Å²) >= 11 is 0. The molecule has 0 spiro atoms. The molecule has 1 heterocycles. The molecule has 1 aromatic carbocycles. The van der Waals surface area contributed by atoms with Crippen molar-refractivity contribution in [2.75, 3.05) is 13.1 Å². The van der Waals surface area contributed by atoms with E-state index in [-0.39, 0.29) is 12.1 Å². The number of hydrogen-bond donors (Lipinski definition) is 1. The van der Waals surface area contributed by atoms with Gasteiger partial charge in [-0.05, 0) is 25.0 Å². The van der Waals surface area contributed by atoms with Crippen LogP contribution in [0.1, 0.15) is 23.2 Å². The van der Waals surface area contributed by atoms with Gasteiger partial charge in [0.2, 0.25) is 5.82 Å². The fraction of sp³-hybridized carbons (Fsp3) is 0.385. The first-order valence-corrected chi connectivity index (χ1v) is 6.58. The van der Waals surface area contributed by atoms with Crippen LogP contribution in [0.2, 0.25) is 0 Å². The summed E-state index contributed by atoms with van der Waals surface area (Å²) in [7, 11) is 0. The van der Waals surface area contributed by atoms with Crippen molar-refractivity contribution in [2.45, 2.75) is 18.9 Å². The number of ether oxygens (including phenoxy) is 1. The van der Waals surface area contributed by atoms with E-state index < -0.39 is 34.5 Å². The Balaban J connectivity index is 2.15. The van der Waals surface area contributed by atoms with E-state index in [2.05, 4.69) is 0 Å². The van der Waals surface area contributed by atoms with Crippen LogP contribution >= 0.6 is 0 Å². The van der Waals surface area contributed by atoms with Gasteiger partial charge in [0, 0.05) is 18.2 Å². The molecule has 118 valence electrons. The summed E-state index contributed by atoms with van der Waals surface area (Å²) in [6.45, 7) is 0.565. The lowest BCUT2D eigenvalue weighted by atomic mass is 10.1. The van der Waals surface area contributed by atoms with Crippen LogP contribution in [0.25, 0.3) is 0 Å². The van der Waals surface area contributed by atoms with Crippen LogP contribution in [0.3, 0.4) is 0 Å². The summed E-state index contributed by atoms with van der Waals surface area (Å²) in [6.07, 6.45) is -0.245. The van der Waals surface area contributed by atoms with Gasteiger partial charge in [0.05, 0.1) is 11.5 Å². The van der Waals surface area contributed by atoms with E-state index in [9.17, 15) is 24.1 Å². The van der Waals surface area contributed by atoms with Gasteiger partial charge in [0.15, 0.2) is 0 Å². The summed E-state index contributed by atoms with van der Waals surface area (Å²) in [5.41, 5.74) is 4.20. The molecule has 1 fully saturated rings. The summed E-state index contributed by atoms with van der Waals surface area (Å²) < 4.78 is 18.2. The zero-order valence-electron chi connectivity index (χ0n) is 11.5. The monoisotopic (exact) mass is 311 g/mol. The standard InChI is InChI=1S/C13H14FN3O5/c14-10-4-3-8(6-11(10)17(20)21)12(18)16-5-1-2-9(7-16)22-13(15)19/h3-4,6,9H,1-2,5,7H2,(H2,15,19)/t9-/m1/s1. The zero-order valence-corrected chi connectivity index (χ0v) is 11.5. The third-order valence-electron chi connectivity index (χ3n) is 3.34. The van der Waals surface area contributed by atoms with Gasteiger partial charge in [-0.1, -0.05) is 0 Å². The smallest absolute Gasteiger partial charge is 0.404 e. The molecule has 0 bridgehead atoms. The van der Waals surface area contributed by atoms with E-state index in [0.717, 1.165) is 12.1 Å². The Kier molecular flexibility index (Phi) is 4.54. The molecular weight excluding hydrogens is 297 g/mol. The van der Waals surface area contributed by atoms with Crippen molar-refractivity contribution in [1.29, 1.82) is 0 Å². The van der Waals surface area contributed by atoms with Crippen LogP contribution in [0.15, 0.2) is 18.2 Å². The lowest BCUT2D eigenvalue weighted by molar-refractivity contribution is -0.387. The van der Waals surface area contributed by atoms with Crippen molar-refractivity contribution in [3.8, 4) is 0 Å². The predicted octanol–water partition coefficient (Wildman–Crippen LogP) is 1.43. The number of nitrogens with zero attached hydrogens (tertiary/aromatic N) is 2. The molecule has 0 aliphatic carbocycles. The average Bonchev–Trinajstić information content (AvgIpc) is 2.46. The van der Waals surface area contributed by atoms with Crippen molar-refractivity contribution in [2.24, 2.45) is 5.73 Å². The topological polar surface area (TPSA) is 116 Å². The number of carbonyl (C=O) groups is 2. The third kappa shape index (κ3) is 3.48. The molecule has 8 nitrogen and oxygen atoms in total. The van der Waals surface area contributed by atoms with Crippen molar-refractivity contribution in [1.82, 2.24) is 4.90 Å². The van der Waals surface area contributed by atoms with Gasteiger partial charge in [-0.15, -0.1) is 0 Å². The number of nitrogens with two attached hydrogens (primary N) is 1. The SMILES string of the molecule is NC(=O)O[C@@H]1CCCN(C(=O)c2ccc(F)c([N+](=O)[O-])c2)C1. The first kappa shape index (κ1) is 15.7. The molecule has 2 rings (SSSR count). The van der Waals surface area contributed by atoms with Gasteiger partial charge in [0.25, 0.3) is 5.91 Å². The number of halogens is 1. The highest BCUT2D eigenvalue weighted by Crippen LogP contribution is 2.21. The number of carbonyl (C=O) groups excluding carboxylic acids is 2. The number of likely N-dealkylation sites (tertiary alicyclic amines) is 1. The molecule has 1 saturated heterocycles. The Morgan fingerprint density at radius 2 is 2.18 bits per heavy atom. The molecule has 1 aromatic rings. The minimum Gasteiger partial charge on any atom is -0.445 e. The molecular formula is C13H14FN3O5. The molecule has 0 unspecified atom stereocenters. The van der Waals surface area contributed by atoms with Crippen LogP contribution in [-0.2, 0) is 4.74 Å². The Hall–Kier alpha value is -2.71. The highest BCUT2D eigenvalue weighted by atomic mass is 19.1. The highest BCUT2D eigenvalue weighted by Gasteiger charge is 2.27. The molecule has 1 aliphatic rings. The van der Waals surface area contributed by atoms with Crippen LogP contribution in [0.5, 0.6) is 0 Å². The van der Waals surface area contributed by atoms with Crippen LogP contribution in [0.4, 0.5) is 14.9 Å². The second kappa shape index (κ2) is 6.37. The molecule has 9 heteroatoms. The number of rotatable bonds is 3. The predicted molar refractivity (Wildman–Crippen MR) is 72.6 cm³/mol. The first-order chi connectivity index (χ1) is 10.4. The number of nitro benzene ring substituents is 1. The van der Waals surface area contributed by atoms with E-state index in [1.807, 2.05) is 0 Å². The Labute approximate surface area is 124 Å². The normalized spacial score (nSPS) is 17.9. The number of nitro groups is 1.